The monoisotopic (exact) mass is 360 g/mol. The molecule has 2 amide bonds. The molecule has 0 N–H and O–H groups in total. The van der Waals surface area contributed by atoms with Crippen LogP contribution in [0, 0.1) is 11.8 Å². The van der Waals surface area contributed by atoms with Crippen LogP contribution in [0.25, 0.3) is 0 Å². The highest BCUT2D eigenvalue weighted by atomic mass is 16.2. The first-order valence-electron chi connectivity index (χ1n) is 9.46. The average Bonchev–Trinajstić information content (AvgIpc) is 3.35. The molecule has 0 spiro atoms. The van der Waals surface area contributed by atoms with Crippen LogP contribution >= 0.6 is 0 Å². The molecular formula is C22H20N2O3. The summed E-state index contributed by atoms with van der Waals surface area (Å²) in [6.07, 6.45) is 1.82. The summed E-state index contributed by atoms with van der Waals surface area (Å²) in [5, 5.41) is 0. The molecule has 4 atom stereocenters. The minimum Gasteiger partial charge on any atom is -0.292 e. The molecule has 0 aromatic heterocycles. The molecule has 5 nitrogen and oxygen atoms in total. The Morgan fingerprint density at radius 3 is 2.19 bits per heavy atom. The quantitative estimate of drug-likeness (QED) is 0.623. The molecule has 0 radical (unpaired) electrons. The van der Waals surface area contributed by atoms with Crippen LogP contribution in [0.15, 0.2) is 60.7 Å². The van der Waals surface area contributed by atoms with Gasteiger partial charge in [-0.1, -0.05) is 48.5 Å². The van der Waals surface area contributed by atoms with E-state index in [1.807, 2.05) is 36.4 Å². The van der Waals surface area contributed by atoms with Crippen molar-refractivity contribution in [2.75, 3.05) is 11.4 Å². The van der Waals surface area contributed by atoms with Crippen molar-refractivity contribution in [1.29, 1.82) is 0 Å². The van der Waals surface area contributed by atoms with Gasteiger partial charge >= 0.3 is 0 Å². The SMILES string of the molecule is O=C(c1ccccc1)[C@@H]1[C@@H]2C(=O)N(c3ccccc3)C(=O)[C@@H]2[C@@H]2CCCN12. The van der Waals surface area contributed by atoms with E-state index in [0.29, 0.717) is 11.3 Å². The maximum Gasteiger partial charge on any atom is 0.239 e. The van der Waals surface area contributed by atoms with Crippen molar-refractivity contribution in [3.63, 3.8) is 0 Å². The number of rotatable bonds is 3. The Hall–Kier alpha value is -2.79. The first-order valence-corrected chi connectivity index (χ1v) is 9.46. The van der Waals surface area contributed by atoms with Crippen LogP contribution in [0.5, 0.6) is 0 Å². The second-order valence-electron chi connectivity index (χ2n) is 7.52. The van der Waals surface area contributed by atoms with Crippen LogP contribution in [0.1, 0.15) is 23.2 Å². The Morgan fingerprint density at radius 1 is 0.852 bits per heavy atom. The third-order valence-electron chi connectivity index (χ3n) is 6.19. The maximum atomic E-state index is 13.3. The van der Waals surface area contributed by atoms with Crippen molar-refractivity contribution in [1.82, 2.24) is 4.90 Å². The van der Waals surface area contributed by atoms with Crippen LogP contribution < -0.4 is 4.90 Å². The number of carbonyl (C=O) groups is 3. The van der Waals surface area contributed by atoms with Gasteiger partial charge in [0.2, 0.25) is 11.8 Å². The van der Waals surface area contributed by atoms with Gasteiger partial charge in [0.25, 0.3) is 0 Å². The van der Waals surface area contributed by atoms with Gasteiger partial charge in [0, 0.05) is 11.6 Å². The smallest absolute Gasteiger partial charge is 0.239 e. The number of benzene rings is 2. The fraction of sp³-hybridized carbons (Fsp3) is 0.318. The number of fused-ring (bicyclic) bond motifs is 3. The molecule has 2 aromatic carbocycles. The first kappa shape index (κ1) is 16.4. The van der Waals surface area contributed by atoms with Crippen molar-refractivity contribution in [3.8, 4) is 0 Å². The molecule has 136 valence electrons. The molecule has 0 aliphatic carbocycles. The molecule has 2 aromatic rings. The fourth-order valence-corrected chi connectivity index (χ4v) is 5.12. The lowest BCUT2D eigenvalue weighted by atomic mass is 9.85. The number of amides is 2. The molecule has 27 heavy (non-hydrogen) atoms. The summed E-state index contributed by atoms with van der Waals surface area (Å²) in [5.41, 5.74) is 1.20. The molecule has 3 heterocycles. The maximum absolute atomic E-state index is 13.3. The van der Waals surface area contributed by atoms with Gasteiger partial charge in [-0.05, 0) is 31.5 Å². The van der Waals surface area contributed by atoms with Gasteiger partial charge in [0.15, 0.2) is 5.78 Å². The zero-order valence-electron chi connectivity index (χ0n) is 14.8. The van der Waals surface area contributed by atoms with E-state index in [1.54, 1.807) is 24.3 Å². The molecule has 0 unspecified atom stereocenters. The normalized spacial score (nSPS) is 29.9. The van der Waals surface area contributed by atoms with Gasteiger partial charge in [0.1, 0.15) is 0 Å². The predicted octanol–water partition coefficient (Wildman–Crippen LogP) is 2.52. The van der Waals surface area contributed by atoms with Gasteiger partial charge in [-0.15, -0.1) is 0 Å². The lowest BCUT2D eigenvalue weighted by Gasteiger charge is -2.27. The second kappa shape index (κ2) is 6.13. The van der Waals surface area contributed by atoms with Crippen LogP contribution in [0.3, 0.4) is 0 Å². The van der Waals surface area contributed by atoms with Gasteiger partial charge in [-0.2, -0.15) is 0 Å². The summed E-state index contributed by atoms with van der Waals surface area (Å²) < 4.78 is 0. The summed E-state index contributed by atoms with van der Waals surface area (Å²) in [5.74, 6) is -1.45. The highest BCUT2D eigenvalue weighted by molar-refractivity contribution is 6.24. The van der Waals surface area contributed by atoms with E-state index in [0.717, 1.165) is 19.4 Å². The predicted molar refractivity (Wildman–Crippen MR) is 100 cm³/mol. The Kier molecular flexibility index (Phi) is 3.72. The summed E-state index contributed by atoms with van der Waals surface area (Å²) in [7, 11) is 0. The highest BCUT2D eigenvalue weighted by Crippen LogP contribution is 2.48. The van der Waals surface area contributed by atoms with Crippen LogP contribution in [0.4, 0.5) is 5.69 Å². The van der Waals surface area contributed by atoms with Crippen LogP contribution in [-0.2, 0) is 9.59 Å². The van der Waals surface area contributed by atoms with Gasteiger partial charge in [-0.3, -0.25) is 19.3 Å². The Morgan fingerprint density at radius 2 is 1.48 bits per heavy atom. The standard InChI is InChI=1S/C22H20N2O3/c25-20(14-8-3-1-4-9-14)19-18-17(16-12-7-13-23(16)19)21(26)24(22(18)27)15-10-5-2-6-11-15/h1-6,8-11,16-19H,7,12-13H2/t16-,17+,18+,19-/m0/s1. The number of nitrogens with zero attached hydrogens (tertiary/aromatic N) is 2. The van der Waals surface area contributed by atoms with Crippen LogP contribution in [-0.4, -0.2) is 41.1 Å². The van der Waals surface area contributed by atoms with E-state index in [4.69, 9.17) is 0 Å². The lowest BCUT2D eigenvalue weighted by Crippen LogP contribution is -2.46. The van der Waals surface area contributed by atoms with Crippen molar-refractivity contribution < 1.29 is 14.4 Å². The number of ketones is 1. The zero-order chi connectivity index (χ0) is 18.5. The van der Waals surface area contributed by atoms with E-state index in [9.17, 15) is 14.4 Å². The molecule has 0 bridgehead atoms. The summed E-state index contributed by atoms with van der Waals surface area (Å²) >= 11 is 0. The number of hydrogen-bond acceptors (Lipinski definition) is 4. The Labute approximate surface area is 157 Å². The molecule has 3 saturated heterocycles. The minimum atomic E-state index is -0.587. The molecule has 5 heteroatoms. The van der Waals surface area contributed by atoms with Crippen molar-refractivity contribution in [2.45, 2.75) is 24.9 Å². The third kappa shape index (κ3) is 2.31. The summed E-state index contributed by atoms with van der Waals surface area (Å²) in [6.45, 7) is 0.771. The Balaban J connectivity index is 1.57. The van der Waals surface area contributed by atoms with E-state index in [1.165, 1.54) is 4.90 Å². The number of carbonyl (C=O) groups excluding carboxylic acids is 3. The van der Waals surface area contributed by atoms with E-state index in [-0.39, 0.29) is 23.6 Å². The number of anilines is 1. The number of Topliss-reactive ketones (excluding diaryl/α,β-unsaturated/α-hetero) is 1. The van der Waals surface area contributed by atoms with Gasteiger partial charge in [0.05, 0.1) is 23.6 Å². The molecular weight excluding hydrogens is 340 g/mol. The second-order valence-corrected chi connectivity index (χ2v) is 7.52. The van der Waals surface area contributed by atoms with E-state index >= 15 is 0 Å². The Bertz CT molecular complexity index is 912. The largest absolute Gasteiger partial charge is 0.292 e. The van der Waals surface area contributed by atoms with Crippen molar-refractivity contribution in [3.05, 3.63) is 66.2 Å². The molecule has 3 aliphatic rings. The van der Waals surface area contributed by atoms with Gasteiger partial charge in [-0.25, -0.2) is 4.90 Å². The first-order chi connectivity index (χ1) is 13.2. The minimum absolute atomic E-state index is 0.0159. The van der Waals surface area contributed by atoms with Gasteiger partial charge < -0.3 is 0 Å². The molecule has 3 aliphatic heterocycles. The molecule has 5 rings (SSSR count). The third-order valence-corrected chi connectivity index (χ3v) is 6.19. The lowest BCUT2D eigenvalue weighted by molar-refractivity contribution is -0.123. The molecule has 0 saturated carbocycles. The average molecular weight is 360 g/mol. The van der Waals surface area contributed by atoms with Crippen molar-refractivity contribution >= 4 is 23.3 Å². The fourth-order valence-electron chi connectivity index (χ4n) is 5.12. The highest BCUT2D eigenvalue weighted by Gasteiger charge is 2.64. The van der Waals surface area contributed by atoms with E-state index < -0.39 is 17.9 Å². The van der Waals surface area contributed by atoms with Crippen LogP contribution in [0.2, 0.25) is 0 Å². The van der Waals surface area contributed by atoms with E-state index in [2.05, 4.69) is 4.90 Å². The zero-order valence-corrected chi connectivity index (χ0v) is 14.8. The summed E-state index contributed by atoms with van der Waals surface area (Å²) in [6, 6.07) is 17.6. The number of para-hydroxylation sites is 1. The topological polar surface area (TPSA) is 57.7 Å². The summed E-state index contributed by atoms with van der Waals surface area (Å²) in [4.78, 5) is 43.2. The number of hydrogen-bond donors (Lipinski definition) is 0. The number of imide groups is 1. The molecule has 3 fully saturated rings. The van der Waals surface area contributed by atoms with Crippen molar-refractivity contribution in [2.24, 2.45) is 11.8 Å².